The lowest BCUT2D eigenvalue weighted by Gasteiger charge is -2.13. The fourth-order valence-corrected chi connectivity index (χ4v) is 6.62. The maximum Gasteiger partial charge on any atom is 0.164 e. The second kappa shape index (κ2) is 10.7. The van der Waals surface area contributed by atoms with Crippen molar-refractivity contribution in [2.75, 3.05) is 0 Å². The first-order valence-corrected chi connectivity index (χ1v) is 15.0. The van der Waals surface area contributed by atoms with Crippen LogP contribution in [0.4, 0.5) is 0 Å². The lowest BCUT2D eigenvalue weighted by Crippen LogP contribution is -2.00. The van der Waals surface area contributed by atoms with Crippen molar-refractivity contribution in [2.24, 2.45) is 0 Å². The van der Waals surface area contributed by atoms with Crippen LogP contribution in [0.25, 0.3) is 76.9 Å². The molecule has 0 bridgehead atoms. The van der Waals surface area contributed by atoms with Crippen molar-refractivity contribution >= 4 is 32.3 Å². The minimum Gasteiger partial charge on any atom is -0.236 e. The predicted molar refractivity (Wildman–Crippen MR) is 178 cm³/mol. The van der Waals surface area contributed by atoms with Gasteiger partial charge < -0.3 is 0 Å². The fourth-order valence-electron chi connectivity index (χ4n) is 5.52. The van der Waals surface area contributed by atoms with E-state index in [1.54, 1.807) is 11.3 Å². The molecule has 43 heavy (non-hydrogen) atoms. The molecule has 0 spiro atoms. The highest BCUT2D eigenvalue weighted by Crippen LogP contribution is 2.41. The Morgan fingerprint density at radius 3 is 1.49 bits per heavy atom. The summed E-state index contributed by atoms with van der Waals surface area (Å²) >= 11 is 1.74. The Labute approximate surface area is 253 Å². The van der Waals surface area contributed by atoms with Gasteiger partial charge in [0.2, 0.25) is 0 Å². The van der Waals surface area contributed by atoms with Gasteiger partial charge in [-0.3, -0.25) is 0 Å². The van der Waals surface area contributed by atoms with Crippen molar-refractivity contribution in [2.45, 2.75) is 0 Å². The molecule has 2 heterocycles. The highest BCUT2D eigenvalue weighted by atomic mass is 32.1. The van der Waals surface area contributed by atoms with Gasteiger partial charge in [0.05, 0.1) is 10.2 Å². The Balaban J connectivity index is 1.32. The molecule has 0 fully saturated rings. The van der Waals surface area contributed by atoms with Gasteiger partial charge in [0, 0.05) is 27.8 Å². The molecule has 2 aromatic heterocycles. The molecule has 0 saturated carbocycles. The summed E-state index contributed by atoms with van der Waals surface area (Å²) in [6, 6.07) is 49.8. The van der Waals surface area contributed by atoms with E-state index in [9.17, 15) is 0 Å². The number of benzene rings is 6. The molecule has 0 amide bonds. The fraction of sp³-hybridized carbons (Fsp3) is 0. The zero-order valence-electron chi connectivity index (χ0n) is 23.1. The van der Waals surface area contributed by atoms with E-state index in [1.165, 1.54) is 10.3 Å². The standard InChI is InChI=1S/C38H24N4S/c1-4-13-25(14-5-1)35-40-36(26-15-6-2-7-16-26)42-37(41-35)32-24-23-30(28-19-10-11-20-29(28)32)31-21-12-22-33-34(31)43-38(39-33)27-17-8-3-9-18-27/h1-24H. The average molecular weight is 569 g/mol. The molecule has 0 saturated heterocycles. The third kappa shape index (κ3) is 4.66. The summed E-state index contributed by atoms with van der Waals surface area (Å²) in [5.74, 6) is 1.96. The van der Waals surface area contributed by atoms with E-state index in [-0.39, 0.29) is 0 Å². The van der Waals surface area contributed by atoms with Crippen LogP contribution in [-0.4, -0.2) is 19.9 Å². The summed E-state index contributed by atoms with van der Waals surface area (Å²) in [7, 11) is 0. The molecule has 0 unspecified atom stereocenters. The molecule has 8 rings (SSSR count). The van der Waals surface area contributed by atoms with Gasteiger partial charge in [0.15, 0.2) is 17.5 Å². The van der Waals surface area contributed by atoms with Crippen molar-refractivity contribution in [1.29, 1.82) is 0 Å². The summed E-state index contributed by atoms with van der Waals surface area (Å²) in [6.45, 7) is 0. The topological polar surface area (TPSA) is 51.6 Å². The summed E-state index contributed by atoms with van der Waals surface area (Å²) in [5.41, 5.74) is 7.35. The van der Waals surface area contributed by atoms with E-state index in [0.717, 1.165) is 49.1 Å². The van der Waals surface area contributed by atoms with Crippen LogP contribution in [0.5, 0.6) is 0 Å². The van der Waals surface area contributed by atoms with E-state index in [4.69, 9.17) is 19.9 Å². The Morgan fingerprint density at radius 2 is 0.860 bits per heavy atom. The molecule has 6 aromatic carbocycles. The first-order valence-electron chi connectivity index (χ1n) is 14.2. The maximum absolute atomic E-state index is 5.01. The van der Waals surface area contributed by atoms with Crippen LogP contribution < -0.4 is 0 Å². The van der Waals surface area contributed by atoms with Gasteiger partial charge in [-0.05, 0) is 28.5 Å². The van der Waals surface area contributed by atoms with Crippen LogP contribution in [0.15, 0.2) is 146 Å². The molecule has 0 atom stereocenters. The van der Waals surface area contributed by atoms with Gasteiger partial charge in [-0.1, -0.05) is 133 Å². The predicted octanol–water partition coefficient (Wildman–Crippen LogP) is 9.97. The third-order valence-electron chi connectivity index (χ3n) is 7.59. The Kier molecular flexibility index (Phi) is 6.28. The summed E-state index contributed by atoms with van der Waals surface area (Å²) in [4.78, 5) is 19.9. The van der Waals surface area contributed by atoms with Gasteiger partial charge in [-0.25, -0.2) is 19.9 Å². The van der Waals surface area contributed by atoms with E-state index in [1.807, 2.05) is 66.7 Å². The van der Waals surface area contributed by atoms with Gasteiger partial charge in [-0.15, -0.1) is 11.3 Å². The van der Waals surface area contributed by atoms with E-state index in [0.29, 0.717) is 17.5 Å². The first-order chi connectivity index (χ1) is 21.3. The van der Waals surface area contributed by atoms with Crippen LogP contribution in [0.3, 0.4) is 0 Å². The van der Waals surface area contributed by atoms with Gasteiger partial charge in [0.25, 0.3) is 0 Å². The van der Waals surface area contributed by atoms with Crippen LogP contribution in [0, 0.1) is 0 Å². The number of fused-ring (bicyclic) bond motifs is 2. The van der Waals surface area contributed by atoms with E-state index >= 15 is 0 Å². The maximum atomic E-state index is 5.01. The zero-order valence-corrected chi connectivity index (χ0v) is 23.9. The van der Waals surface area contributed by atoms with Crippen LogP contribution in [0.2, 0.25) is 0 Å². The van der Waals surface area contributed by atoms with Gasteiger partial charge >= 0.3 is 0 Å². The molecular formula is C38H24N4S. The summed E-state index contributed by atoms with van der Waals surface area (Å²) in [5, 5.41) is 3.26. The Morgan fingerprint density at radius 1 is 0.349 bits per heavy atom. The summed E-state index contributed by atoms with van der Waals surface area (Å²) in [6.07, 6.45) is 0. The quantitative estimate of drug-likeness (QED) is 0.207. The largest absolute Gasteiger partial charge is 0.236 e. The van der Waals surface area contributed by atoms with Crippen LogP contribution >= 0.6 is 11.3 Å². The first kappa shape index (κ1) is 25.2. The summed E-state index contributed by atoms with van der Waals surface area (Å²) < 4.78 is 1.18. The van der Waals surface area contributed by atoms with E-state index in [2.05, 4.69) is 78.9 Å². The molecule has 0 aliphatic carbocycles. The highest BCUT2D eigenvalue weighted by molar-refractivity contribution is 7.22. The number of hydrogen-bond acceptors (Lipinski definition) is 5. The lowest BCUT2D eigenvalue weighted by atomic mass is 9.94. The molecule has 202 valence electrons. The lowest BCUT2D eigenvalue weighted by molar-refractivity contribution is 1.08. The second-order valence-electron chi connectivity index (χ2n) is 10.3. The minimum absolute atomic E-state index is 0.651. The molecule has 0 N–H and O–H groups in total. The third-order valence-corrected chi connectivity index (χ3v) is 8.74. The Hall–Kier alpha value is -5.52. The smallest absolute Gasteiger partial charge is 0.164 e. The number of aromatic nitrogens is 4. The molecular weight excluding hydrogens is 545 g/mol. The normalized spacial score (nSPS) is 11.3. The number of thiazole rings is 1. The molecule has 0 aliphatic rings. The van der Waals surface area contributed by atoms with E-state index < -0.39 is 0 Å². The average Bonchev–Trinajstić information content (AvgIpc) is 3.54. The molecule has 4 nitrogen and oxygen atoms in total. The number of rotatable bonds is 5. The minimum atomic E-state index is 0.651. The van der Waals surface area contributed by atoms with Crippen molar-refractivity contribution < 1.29 is 0 Å². The second-order valence-corrected chi connectivity index (χ2v) is 11.3. The van der Waals surface area contributed by atoms with Crippen LogP contribution in [0.1, 0.15) is 0 Å². The SMILES string of the molecule is c1ccc(-c2nc(-c3ccccc3)nc(-c3ccc(-c4cccc5nc(-c6ccccc6)sc45)c4ccccc34)n2)cc1. The highest BCUT2D eigenvalue weighted by Gasteiger charge is 2.18. The zero-order chi connectivity index (χ0) is 28.6. The molecule has 8 aromatic rings. The number of nitrogens with zero attached hydrogens (tertiary/aromatic N) is 4. The van der Waals surface area contributed by atoms with Crippen molar-refractivity contribution in [3.63, 3.8) is 0 Å². The van der Waals surface area contributed by atoms with Crippen LogP contribution in [-0.2, 0) is 0 Å². The monoisotopic (exact) mass is 568 g/mol. The Bertz CT molecular complexity index is 2170. The van der Waals surface area contributed by atoms with Crippen molar-refractivity contribution in [3.05, 3.63) is 146 Å². The molecule has 5 heteroatoms. The van der Waals surface area contributed by atoms with Gasteiger partial charge in [0.1, 0.15) is 5.01 Å². The van der Waals surface area contributed by atoms with Gasteiger partial charge in [-0.2, -0.15) is 0 Å². The van der Waals surface area contributed by atoms with Crippen molar-refractivity contribution in [3.8, 4) is 55.9 Å². The molecule has 0 aliphatic heterocycles. The number of hydrogen-bond donors (Lipinski definition) is 0. The van der Waals surface area contributed by atoms with Crippen molar-refractivity contribution in [1.82, 2.24) is 19.9 Å². The molecule has 0 radical (unpaired) electrons.